The minimum absolute atomic E-state index is 0.0137. The zero-order chi connectivity index (χ0) is 12.3. The number of nitrogens with one attached hydrogen (secondary N) is 1. The lowest BCUT2D eigenvalue weighted by molar-refractivity contribution is -0.122. The van der Waals surface area contributed by atoms with Gasteiger partial charge in [0.2, 0.25) is 5.91 Å². The lowest BCUT2D eigenvalue weighted by atomic mass is 10.0. The first kappa shape index (κ1) is 12.5. The van der Waals surface area contributed by atoms with Gasteiger partial charge in [0.05, 0.1) is 5.92 Å². The number of carbonyl (C=O) groups excluding carboxylic acids is 1. The molecular weight excluding hydrogens is 232 g/mol. The lowest BCUT2D eigenvalue weighted by Gasteiger charge is -2.14. The largest absolute Gasteiger partial charge is 0.354 e. The first-order valence-corrected chi connectivity index (χ1v) is 6.96. The summed E-state index contributed by atoms with van der Waals surface area (Å²) in [5.41, 5.74) is 6.95. The van der Waals surface area contributed by atoms with E-state index in [1.165, 1.54) is 4.90 Å². The number of fused-ring (bicyclic) bond motifs is 1. The number of hydrogen-bond donors (Lipinski definition) is 2. The highest BCUT2D eigenvalue weighted by atomic mass is 32.2. The van der Waals surface area contributed by atoms with Crippen LogP contribution in [-0.4, -0.2) is 24.2 Å². The van der Waals surface area contributed by atoms with Crippen molar-refractivity contribution in [2.75, 3.05) is 12.3 Å². The molecule has 3 nitrogen and oxygen atoms in total. The van der Waals surface area contributed by atoms with Crippen LogP contribution in [0.1, 0.15) is 24.8 Å². The maximum atomic E-state index is 12.0. The first-order valence-electron chi connectivity index (χ1n) is 5.97. The van der Waals surface area contributed by atoms with Crippen LogP contribution in [0.4, 0.5) is 0 Å². The third kappa shape index (κ3) is 2.82. The fourth-order valence-corrected chi connectivity index (χ4v) is 3.11. The Labute approximate surface area is 106 Å². The highest BCUT2D eigenvalue weighted by molar-refractivity contribution is 7.99. The van der Waals surface area contributed by atoms with Crippen LogP contribution in [-0.2, 0) is 4.79 Å². The Kier molecular flexibility index (Phi) is 4.07. The van der Waals surface area contributed by atoms with E-state index in [4.69, 9.17) is 5.73 Å². The van der Waals surface area contributed by atoms with Gasteiger partial charge < -0.3 is 11.1 Å². The molecule has 0 saturated carbocycles. The van der Waals surface area contributed by atoms with Crippen molar-refractivity contribution < 1.29 is 4.79 Å². The molecule has 1 aliphatic rings. The smallest absolute Gasteiger partial charge is 0.228 e. The van der Waals surface area contributed by atoms with Crippen molar-refractivity contribution in [2.24, 2.45) is 5.73 Å². The van der Waals surface area contributed by atoms with Crippen LogP contribution in [0.25, 0.3) is 0 Å². The molecule has 0 bridgehead atoms. The predicted molar refractivity (Wildman–Crippen MR) is 71.2 cm³/mol. The van der Waals surface area contributed by atoms with Gasteiger partial charge in [-0.3, -0.25) is 4.79 Å². The summed E-state index contributed by atoms with van der Waals surface area (Å²) in [5.74, 6) is 0.929. The Morgan fingerprint density at radius 1 is 1.59 bits per heavy atom. The van der Waals surface area contributed by atoms with E-state index in [0.717, 1.165) is 17.7 Å². The van der Waals surface area contributed by atoms with E-state index in [-0.39, 0.29) is 17.9 Å². The molecule has 0 radical (unpaired) electrons. The Morgan fingerprint density at radius 3 is 3.12 bits per heavy atom. The Hall–Kier alpha value is -1.00. The average molecular weight is 250 g/mol. The molecule has 2 unspecified atom stereocenters. The third-order valence-electron chi connectivity index (χ3n) is 3.08. The molecule has 1 aromatic rings. The number of hydrogen-bond acceptors (Lipinski definition) is 3. The van der Waals surface area contributed by atoms with Gasteiger partial charge in [0.1, 0.15) is 0 Å². The van der Waals surface area contributed by atoms with Gasteiger partial charge in [-0.1, -0.05) is 25.1 Å². The molecule has 2 atom stereocenters. The SMILES string of the molecule is CCC(N)CNC(=O)C1CSc2ccccc21. The van der Waals surface area contributed by atoms with Crippen molar-refractivity contribution in [2.45, 2.75) is 30.2 Å². The molecule has 0 saturated heterocycles. The highest BCUT2D eigenvalue weighted by Crippen LogP contribution is 2.39. The zero-order valence-electron chi connectivity index (χ0n) is 9.98. The molecule has 0 aromatic heterocycles. The second-order valence-corrected chi connectivity index (χ2v) is 5.38. The second-order valence-electron chi connectivity index (χ2n) is 4.31. The average Bonchev–Trinajstić information content (AvgIpc) is 2.79. The molecule has 2 rings (SSSR count). The normalized spacial score (nSPS) is 19.8. The number of thioether (sulfide) groups is 1. The number of benzene rings is 1. The first-order chi connectivity index (χ1) is 8.22. The van der Waals surface area contributed by atoms with Crippen LogP contribution in [0.3, 0.4) is 0 Å². The maximum absolute atomic E-state index is 12.0. The lowest BCUT2D eigenvalue weighted by Crippen LogP contribution is -2.39. The van der Waals surface area contributed by atoms with E-state index in [9.17, 15) is 4.79 Å². The summed E-state index contributed by atoms with van der Waals surface area (Å²) in [4.78, 5) is 13.3. The van der Waals surface area contributed by atoms with Crippen molar-refractivity contribution in [3.05, 3.63) is 29.8 Å². The van der Waals surface area contributed by atoms with Crippen LogP contribution in [0, 0.1) is 0 Å². The van der Waals surface area contributed by atoms with Crippen LogP contribution in [0.15, 0.2) is 29.2 Å². The topological polar surface area (TPSA) is 55.1 Å². The standard InChI is InChI=1S/C13H18N2OS/c1-2-9(14)7-15-13(16)11-8-17-12-6-4-3-5-10(11)12/h3-6,9,11H,2,7-8,14H2,1H3,(H,15,16). The quantitative estimate of drug-likeness (QED) is 0.855. The van der Waals surface area contributed by atoms with E-state index < -0.39 is 0 Å². The summed E-state index contributed by atoms with van der Waals surface area (Å²) < 4.78 is 0. The van der Waals surface area contributed by atoms with Gasteiger partial charge in [-0.25, -0.2) is 0 Å². The summed E-state index contributed by atoms with van der Waals surface area (Å²) in [6, 6.07) is 8.18. The number of rotatable bonds is 4. The van der Waals surface area contributed by atoms with Crippen molar-refractivity contribution >= 4 is 17.7 Å². The minimum atomic E-state index is -0.0137. The fraction of sp³-hybridized carbons (Fsp3) is 0.462. The van der Waals surface area contributed by atoms with Crippen LogP contribution < -0.4 is 11.1 Å². The molecule has 92 valence electrons. The van der Waals surface area contributed by atoms with Crippen molar-refractivity contribution in [3.8, 4) is 0 Å². The molecule has 1 heterocycles. The number of carbonyl (C=O) groups is 1. The van der Waals surface area contributed by atoms with Crippen LogP contribution in [0.2, 0.25) is 0 Å². The summed E-state index contributed by atoms with van der Waals surface area (Å²) in [6.45, 7) is 2.59. The predicted octanol–water partition coefficient (Wildman–Crippen LogP) is 1.73. The molecule has 3 N–H and O–H groups in total. The summed E-state index contributed by atoms with van der Waals surface area (Å²) >= 11 is 1.75. The van der Waals surface area contributed by atoms with Gasteiger partial charge in [-0.05, 0) is 18.1 Å². The van der Waals surface area contributed by atoms with E-state index in [2.05, 4.69) is 11.4 Å². The Balaban J connectivity index is 1.98. The van der Waals surface area contributed by atoms with E-state index in [0.29, 0.717) is 6.54 Å². The van der Waals surface area contributed by atoms with Gasteiger partial charge in [0.15, 0.2) is 0 Å². The molecule has 4 heteroatoms. The van der Waals surface area contributed by atoms with Gasteiger partial charge >= 0.3 is 0 Å². The molecule has 1 amide bonds. The van der Waals surface area contributed by atoms with E-state index in [1.807, 2.05) is 25.1 Å². The Bertz CT molecular complexity index is 408. The molecule has 0 aliphatic carbocycles. The van der Waals surface area contributed by atoms with Crippen LogP contribution in [0.5, 0.6) is 0 Å². The second kappa shape index (κ2) is 5.56. The molecule has 1 aromatic carbocycles. The van der Waals surface area contributed by atoms with Crippen molar-refractivity contribution in [1.82, 2.24) is 5.32 Å². The number of amides is 1. The summed E-state index contributed by atoms with van der Waals surface area (Å²) in [5, 5.41) is 2.94. The summed E-state index contributed by atoms with van der Waals surface area (Å²) in [6.07, 6.45) is 0.885. The fourth-order valence-electron chi connectivity index (χ4n) is 1.88. The Morgan fingerprint density at radius 2 is 2.35 bits per heavy atom. The van der Waals surface area contributed by atoms with Crippen molar-refractivity contribution in [3.63, 3.8) is 0 Å². The van der Waals surface area contributed by atoms with Crippen molar-refractivity contribution in [1.29, 1.82) is 0 Å². The number of nitrogens with two attached hydrogens (primary N) is 1. The van der Waals surface area contributed by atoms with Crippen LogP contribution >= 0.6 is 11.8 Å². The maximum Gasteiger partial charge on any atom is 0.228 e. The highest BCUT2D eigenvalue weighted by Gasteiger charge is 2.28. The van der Waals surface area contributed by atoms with E-state index in [1.54, 1.807) is 11.8 Å². The monoisotopic (exact) mass is 250 g/mol. The molecule has 1 aliphatic heterocycles. The van der Waals surface area contributed by atoms with E-state index >= 15 is 0 Å². The minimum Gasteiger partial charge on any atom is -0.354 e. The van der Waals surface area contributed by atoms with Gasteiger partial charge in [-0.15, -0.1) is 11.8 Å². The van der Waals surface area contributed by atoms with Gasteiger partial charge in [0.25, 0.3) is 0 Å². The summed E-state index contributed by atoms with van der Waals surface area (Å²) in [7, 11) is 0. The van der Waals surface area contributed by atoms with Gasteiger partial charge in [0, 0.05) is 23.2 Å². The molecule has 0 fully saturated rings. The zero-order valence-corrected chi connectivity index (χ0v) is 10.8. The van der Waals surface area contributed by atoms with Gasteiger partial charge in [-0.2, -0.15) is 0 Å². The molecule has 17 heavy (non-hydrogen) atoms. The molecular formula is C13H18N2OS. The molecule has 0 spiro atoms. The third-order valence-corrected chi connectivity index (χ3v) is 4.26.